The molecule has 4 heteroatoms. The number of rotatable bonds is 8. The molecule has 4 aromatic rings. The summed E-state index contributed by atoms with van der Waals surface area (Å²) in [6.45, 7) is 2.15. The van der Waals surface area contributed by atoms with Gasteiger partial charge in [-0.3, -0.25) is 4.98 Å². The summed E-state index contributed by atoms with van der Waals surface area (Å²) < 4.78 is 8.03. The molecule has 0 saturated carbocycles. The van der Waals surface area contributed by atoms with Gasteiger partial charge in [0, 0.05) is 36.7 Å². The second-order valence-corrected chi connectivity index (χ2v) is 6.63. The number of pyridine rings is 1. The van der Waals surface area contributed by atoms with Gasteiger partial charge >= 0.3 is 0 Å². The topological polar surface area (TPSA) is 39.9 Å². The van der Waals surface area contributed by atoms with Gasteiger partial charge in [0.1, 0.15) is 0 Å². The van der Waals surface area contributed by atoms with E-state index in [-0.39, 0.29) is 0 Å². The molecule has 0 aliphatic rings. The number of imidazole rings is 1. The van der Waals surface area contributed by atoms with E-state index in [1.807, 2.05) is 36.8 Å². The van der Waals surface area contributed by atoms with Crippen molar-refractivity contribution in [3.05, 3.63) is 97.1 Å². The van der Waals surface area contributed by atoms with E-state index in [4.69, 9.17) is 9.72 Å². The van der Waals surface area contributed by atoms with Gasteiger partial charge < -0.3 is 9.30 Å². The molecule has 0 fully saturated rings. The van der Waals surface area contributed by atoms with E-state index in [1.54, 1.807) is 6.20 Å². The molecule has 0 aliphatic carbocycles. The molecule has 0 aliphatic heterocycles. The minimum atomic E-state index is 0.596. The first-order valence-corrected chi connectivity index (χ1v) is 9.54. The van der Waals surface area contributed by atoms with Crippen LogP contribution >= 0.6 is 0 Å². The molecule has 2 heterocycles. The average Bonchev–Trinajstić information content (AvgIpc) is 3.19. The monoisotopic (exact) mass is 369 g/mol. The Morgan fingerprint density at radius 1 is 0.821 bits per heavy atom. The van der Waals surface area contributed by atoms with E-state index in [1.165, 1.54) is 5.56 Å². The van der Waals surface area contributed by atoms with Crippen molar-refractivity contribution in [2.24, 2.45) is 0 Å². The molecule has 4 nitrogen and oxygen atoms in total. The van der Waals surface area contributed by atoms with Crippen LogP contribution in [0.2, 0.25) is 0 Å². The molecule has 0 spiro atoms. The number of aryl methyl sites for hydroxylation is 1. The van der Waals surface area contributed by atoms with Gasteiger partial charge in [-0.1, -0.05) is 66.7 Å². The van der Waals surface area contributed by atoms with Crippen molar-refractivity contribution in [3.8, 4) is 22.5 Å². The van der Waals surface area contributed by atoms with Crippen molar-refractivity contribution < 1.29 is 4.74 Å². The molecule has 2 aromatic heterocycles. The summed E-state index contributed by atoms with van der Waals surface area (Å²) in [6.07, 6.45) is 6.48. The molecule has 0 amide bonds. The summed E-state index contributed by atoms with van der Waals surface area (Å²) in [5.41, 5.74) is 5.58. The van der Waals surface area contributed by atoms with Crippen LogP contribution in [-0.2, 0) is 17.9 Å². The van der Waals surface area contributed by atoms with Crippen LogP contribution in [0.5, 0.6) is 0 Å². The predicted octanol–water partition coefficient (Wildman–Crippen LogP) is 5.22. The van der Waals surface area contributed by atoms with Crippen LogP contribution in [0.25, 0.3) is 22.5 Å². The fourth-order valence-electron chi connectivity index (χ4n) is 3.27. The summed E-state index contributed by atoms with van der Waals surface area (Å²) in [5.74, 6) is 0. The first kappa shape index (κ1) is 18.1. The second kappa shape index (κ2) is 9.11. The highest BCUT2D eigenvalue weighted by molar-refractivity contribution is 5.78. The standard InChI is InChI=1S/C24H23N3O/c1-3-10-21(11-4-1)23-24(22-12-5-2-6-13-22)27(19-26-23)15-8-16-28-18-20-9-7-14-25-17-20/h1-7,9-14,17,19H,8,15-16,18H2. The van der Waals surface area contributed by atoms with E-state index in [0.717, 1.165) is 35.5 Å². The van der Waals surface area contributed by atoms with Crippen molar-refractivity contribution >= 4 is 0 Å². The molecule has 2 aromatic carbocycles. The largest absolute Gasteiger partial charge is 0.377 e. The van der Waals surface area contributed by atoms with Gasteiger partial charge in [0.2, 0.25) is 0 Å². The maximum absolute atomic E-state index is 5.80. The van der Waals surface area contributed by atoms with E-state index in [9.17, 15) is 0 Å². The number of nitrogens with zero attached hydrogens (tertiary/aromatic N) is 3. The SMILES string of the molecule is c1ccc(-c2ncn(CCCOCc3cccnc3)c2-c2ccccc2)cc1. The van der Waals surface area contributed by atoms with Gasteiger partial charge in [-0.25, -0.2) is 4.98 Å². The van der Waals surface area contributed by atoms with Crippen molar-refractivity contribution in [2.75, 3.05) is 6.61 Å². The van der Waals surface area contributed by atoms with Crippen LogP contribution in [0.3, 0.4) is 0 Å². The quantitative estimate of drug-likeness (QED) is 0.400. The Morgan fingerprint density at radius 3 is 2.29 bits per heavy atom. The highest BCUT2D eigenvalue weighted by Crippen LogP contribution is 2.31. The van der Waals surface area contributed by atoms with Gasteiger partial charge in [-0.05, 0) is 18.1 Å². The first-order valence-electron chi connectivity index (χ1n) is 9.54. The highest BCUT2D eigenvalue weighted by Gasteiger charge is 2.14. The molecule has 0 radical (unpaired) electrons. The van der Waals surface area contributed by atoms with Crippen LogP contribution in [0.1, 0.15) is 12.0 Å². The van der Waals surface area contributed by atoms with Gasteiger partial charge in [0.15, 0.2) is 0 Å². The van der Waals surface area contributed by atoms with Crippen molar-refractivity contribution in [3.63, 3.8) is 0 Å². The molecule has 0 unspecified atom stereocenters. The van der Waals surface area contributed by atoms with Gasteiger partial charge in [0.05, 0.1) is 24.3 Å². The van der Waals surface area contributed by atoms with Crippen molar-refractivity contribution in [1.82, 2.24) is 14.5 Å². The lowest BCUT2D eigenvalue weighted by Gasteiger charge is -2.11. The van der Waals surface area contributed by atoms with Crippen molar-refractivity contribution in [1.29, 1.82) is 0 Å². The molecule has 0 N–H and O–H groups in total. The smallest absolute Gasteiger partial charge is 0.0963 e. The third-order valence-electron chi connectivity index (χ3n) is 4.61. The minimum absolute atomic E-state index is 0.596. The average molecular weight is 369 g/mol. The Morgan fingerprint density at radius 2 is 1.57 bits per heavy atom. The number of ether oxygens (including phenoxy) is 1. The van der Waals surface area contributed by atoms with E-state index in [0.29, 0.717) is 13.2 Å². The molecule has 4 rings (SSSR count). The van der Waals surface area contributed by atoms with Crippen LogP contribution in [0.15, 0.2) is 91.5 Å². The van der Waals surface area contributed by atoms with Gasteiger partial charge in [-0.15, -0.1) is 0 Å². The van der Waals surface area contributed by atoms with E-state index >= 15 is 0 Å². The molecular weight excluding hydrogens is 346 g/mol. The fraction of sp³-hybridized carbons (Fsp3) is 0.167. The maximum atomic E-state index is 5.80. The molecular formula is C24H23N3O. The third-order valence-corrected chi connectivity index (χ3v) is 4.61. The van der Waals surface area contributed by atoms with Gasteiger partial charge in [-0.2, -0.15) is 0 Å². The fourth-order valence-corrected chi connectivity index (χ4v) is 3.27. The summed E-state index contributed by atoms with van der Waals surface area (Å²) in [6, 6.07) is 24.8. The molecule has 0 atom stereocenters. The first-order chi connectivity index (χ1) is 13.9. The Hall–Kier alpha value is -3.24. The number of hydrogen-bond acceptors (Lipinski definition) is 3. The van der Waals surface area contributed by atoms with Crippen molar-refractivity contribution in [2.45, 2.75) is 19.6 Å². The van der Waals surface area contributed by atoms with Gasteiger partial charge in [0.25, 0.3) is 0 Å². The van der Waals surface area contributed by atoms with Crippen LogP contribution in [0, 0.1) is 0 Å². The lowest BCUT2D eigenvalue weighted by atomic mass is 10.0. The maximum Gasteiger partial charge on any atom is 0.0963 e. The van der Waals surface area contributed by atoms with E-state index < -0.39 is 0 Å². The van der Waals surface area contributed by atoms with Crippen LogP contribution < -0.4 is 0 Å². The minimum Gasteiger partial charge on any atom is -0.377 e. The predicted molar refractivity (Wildman–Crippen MR) is 112 cm³/mol. The highest BCUT2D eigenvalue weighted by atomic mass is 16.5. The van der Waals surface area contributed by atoms with Crippen LogP contribution in [-0.4, -0.2) is 21.1 Å². The zero-order valence-corrected chi connectivity index (χ0v) is 15.7. The third kappa shape index (κ3) is 4.35. The summed E-state index contributed by atoms with van der Waals surface area (Å²) in [7, 11) is 0. The Bertz CT molecular complexity index is 982. The van der Waals surface area contributed by atoms with E-state index in [2.05, 4.69) is 58.1 Å². The zero-order chi connectivity index (χ0) is 19.0. The molecule has 140 valence electrons. The summed E-state index contributed by atoms with van der Waals surface area (Å²) in [4.78, 5) is 8.84. The zero-order valence-electron chi connectivity index (χ0n) is 15.7. The Balaban J connectivity index is 1.47. The molecule has 0 bridgehead atoms. The Labute approximate surface area is 165 Å². The lowest BCUT2D eigenvalue weighted by Crippen LogP contribution is -2.04. The summed E-state index contributed by atoms with van der Waals surface area (Å²) in [5, 5.41) is 0. The number of hydrogen-bond donors (Lipinski definition) is 0. The summed E-state index contributed by atoms with van der Waals surface area (Å²) >= 11 is 0. The molecule has 28 heavy (non-hydrogen) atoms. The normalized spacial score (nSPS) is 10.9. The number of benzene rings is 2. The van der Waals surface area contributed by atoms with Crippen LogP contribution in [0.4, 0.5) is 0 Å². The second-order valence-electron chi connectivity index (χ2n) is 6.63. The Kier molecular flexibility index (Phi) is 5.90. The molecule has 0 saturated heterocycles. The number of aromatic nitrogens is 3. The lowest BCUT2D eigenvalue weighted by molar-refractivity contribution is 0.115.